The number of carbonyl (C=O) groups excluding carboxylic acids is 1. The van der Waals surface area contributed by atoms with Crippen molar-refractivity contribution in [1.29, 1.82) is 0 Å². The number of unbranched alkanes of at least 4 members (excludes halogenated alkanes) is 1. The van der Waals surface area contributed by atoms with Crippen LogP contribution in [0, 0.1) is 0 Å². The van der Waals surface area contributed by atoms with E-state index < -0.39 is 0 Å². The highest BCUT2D eigenvalue weighted by Gasteiger charge is 2.21. The Kier molecular flexibility index (Phi) is 8.93. The molecule has 1 amide bonds. The van der Waals surface area contributed by atoms with E-state index in [1.165, 1.54) is 22.9 Å². The van der Waals surface area contributed by atoms with E-state index in [-0.39, 0.29) is 5.91 Å². The van der Waals surface area contributed by atoms with Gasteiger partial charge in [-0.15, -0.1) is 0 Å². The van der Waals surface area contributed by atoms with Gasteiger partial charge >= 0.3 is 0 Å². The van der Waals surface area contributed by atoms with Crippen LogP contribution in [-0.4, -0.2) is 43.2 Å². The summed E-state index contributed by atoms with van der Waals surface area (Å²) in [5.74, 6) is 2.85. The number of nitrogens with one attached hydrogen (secondary N) is 1. The fourth-order valence-corrected chi connectivity index (χ4v) is 5.15. The lowest BCUT2D eigenvalue weighted by molar-refractivity contribution is 0.0953. The minimum absolute atomic E-state index is 0.0452. The number of anilines is 1. The first-order valence-corrected chi connectivity index (χ1v) is 13.4. The third-order valence-corrected chi connectivity index (χ3v) is 7.19. The van der Waals surface area contributed by atoms with Gasteiger partial charge < -0.3 is 19.7 Å². The number of ether oxygens (including phenoxy) is 2. The smallest absolute Gasteiger partial charge is 0.251 e. The summed E-state index contributed by atoms with van der Waals surface area (Å²) in [6.45, 7) is 4.30. The van der Waals surface area contributed by atoms with E-state index in [9.17, 15) is 4.79 Å². The first kappa shape index (κ1) is 26.1. The van der Waals surface area contributed by atoms with Crippen molar-refractivity contribution >= 4 is 35.1 Å². The van der Waals surface area contributed by atoms with Crippen LogP contribution >= 0.6 is 23.4 Å². The van der Waals surface area contributed by atoms with Crippen molar-refractivity contribution in [3.05, 3.63) is 69.9 Å². The Hall–Kier alpha value is -2.97. The molecule has 7 nitrogen and oxygen atoms in total. The highest BCUT2D eigenvalue weighted by atomic mass is 35.5. The highest BCUT2D eigenvalue weighted by molar-refractivity contribution is 7.98. The van der Waals surface area contributed by atoms with Gasteiger partial charge in [0.15, 0.2) is 16.7 Å². The van der Waals surface area contributed by atoms with Crippen molar-refractivity contribution in [2.45, 2.75) is 43.6 Å². The molecule has 0 radical (unpaired) electrons. The summed E-state index contributed by atoms with van der Waals surface area (Å²) >= 11 is 7.89. The van der Waals surface area contributed by atoms with Crippen molar-refractivity contribution in [1.82, 2.24) is 15.3 Å². The van der Waals surface area contributed by atoms with E-state index in [1.807, 2.05) is 30.3 Å². The number of carbonyl (C=O) groups is 1. The molecular weight excluding hydrogens is 496 g/mol. The second-order valence-electron chi connectivity index (χ2n) is 8.58. The molecule has 0 spiro atoms. The number of hydrogen-bond donors (Lipinski definition) is 1. The third-order valence-electron chi connectivity index (χ3n) is 6.08. The van der Waals surface area contributed by atoms with E-state index in [1.54, 1.807) is 20.3 Å². The molecule has 0 fully saturated rings. The summed E-state index contributed by atoms with van der Waals surface area (Å²) in [5.41, 5.74) is 4.12. The molecule has 9 heteroatoms. The highest BCUT2D eigenvalue weighted by Crippen LogP contribution is 2.35. The van der Waals surface area contributed by atoms with Crippen molar-refractivity contribution in [3.8, 4) is 11.5 Å². The van der Waals surface area contributed by atoms with Gasteiger partial charge in [-0.2, -0.15) is 0 Å². The van der Waals surface area contributed by atoms with E-state index in [0.717, 1.165) is 48.7 Å². The molecule has 3 aromatic rings. The normalized spacial score (nSPS) is 12.7. The van der Waals surface area contributed by atoms with E-state index in [2.05, 4.69) is 28.2 Å². The number of methoxy groups -OCH3 is 2. The zero-order valence-electron chi connectivity index (χ0n) is 20.8. The number of hydrogen-bond acceptors (Lipinski definition) is 7. The van der Waals surface area contributed by atoms with Gasteiger partial charge in [0.05, 0.1) is 14.2 Å². The average molecular weight is 527 g/mol. The standard InChI is InChI=1S/C27H31ClN4O3S/c1-4-5-10-29-26(33)20-8-6-7-18(12-20)17-36-27-30-24(28)15-25(31-27)32-11-9-19-13-22(34-2)23(35-3)14-21(19)16-32/h6-8,12-15H,4-5,9-11,16-17H2,1-3H3,(H,29,33). The number of fused-ring (bicyclic) bond motifs is 1. The molecule has 0 saturated heterocycles. The molecule has 0 saturated carbocycles. The molecule has 1 aliphatic heterocycles. The van der Waals surface area contributed by atoms with Crippen LogP contribution in [0.3, 0.4) is 0 Å². The molecule has 1 aliphatic rings. The number of benzene rings is 2. The van der Waals surface area contributed by atoms with Gasteiger partial charge in [0, 0.05) is 37.0 Å². The number of halogens is 1. The molecule has 0 bridgehead atoms. The fraction of sp³-hybridized carbons (Fsp3) is 0.370. The van der Waals surface area contributed by atoms with Crippen LogP contribution in [0.15, 0.2) is 47.6 Å². The maximum absolute atomic E-state index is 12.4. The van der Waals surface area contributed by atoms with Gasteiger partial charge in [-0.25, -0.2) is 9.97 Å². The molecule has 1 aromatic heterocycles. The van der Waals surface area contributed by atoms with Crippen LogP contribution in [0.1, 0.15) is 46.8 Å². The van der Waals surface area contributed by atoms with Crippen molar-refractivity contribution in [3.63, 3.8) is 0 Å². The van der Waals surface area contributed by atoms with Gasteiger partial charge in [0.1, 0.15) is 11.0 Å². The molecule has 1 N–H and O–H groups in total. The second kappa shape index (κ2) is 12.3. The molecular formula is C27H31ClN4O3S. The minimum Gasteiger partial charge on any atom is -0.493 e. The summed E-state index contributed by atoms with van der Waals surface area (Å²) in [5, 5.41) is 3.98. The maximum Gasteiger partial charge on any atom is 0.251 e. The van der Waals surface area contributed by atoms with Crippen LogP contribution in [0.5, 0.6) is 11.5 Å². The number of rotatable bonds is 10. The van der Waals surface area contributed by atoms with Gasteiger partial charge in [0.25, 0.3) is 5.91 Å². The summed E-state index contributed by atoms with van der Waals surface area (Å²) in [6, 6.07) is 13.6. The van der Waals surface area contributed by atoms with E-state index in [0.29, 0.717) is 34.7 Å². The molecule has 0 atom stereocenters. The Morgan fingerprint density at radius 2 is 1.89 bits per heavy atom. The first-order chi connectivity index (χ1) is 17.5. The topological polar surface area (TPSA) is 76.6 Å². The van der Waals surface area contributed by atoms with E-state index >= 15 is 0 Å². The summed E-state index contributed by atoms with van der Waals surface area (Å²) < 4.78 is 10.9. The SMILES string of the molecule is CCCCNC(=O)c1cccc(CSc2nc(Cl)cc(N3CCc4cc(OC)c(OC)cc4C3)n2)c1. The molecule has 2 aromatic carbocycles. The van der Waals surface area contributed by atoms with Gasteiger partial charge in [-0.3, -0.25) is 4.79 Å². The van der Waals surface area contributed by atoms with Crippen molar-refractivity contribution < 1.29 is 14.3 Å². The lowest BCUT2D eigenvalue weighted by Gasteiger charge is -2.30. The Balaban J connectivity index is 1.45. The quantitative estimate of drug-likeness (QED) is 0.161. The van der Waals surface area contributed by atoms with Crippen LogP contribution in [0.25, 0.3) is 0 Å². The first-order valence-electron chi connectivity index (χ1n) is 12.0. The minimum atomic E-state index is -0.0452. The second-order valence-corrected chi connectivity index (χ2v) is 9.91. The Morgan fingerprint density at radius 1 is 1.11 bits per heavy atom. The summed E-state index contributed by atoms with van der Waals surface area (Å²) in [6.07, 6.45) is 2.89. The molecule has 0 unspecified atom stereocenters. The molecule has 4 rings (SSSR count). The van der Waals surface area contributed by atoms with Gasteiger partial charge in [-0.1, -0.05) is 48.8 Å². The number of thioether (sulfide) groups is 1. The van der Waals surface area contributed by atoms with Crippen LogP contribution in [-0.2, 0) is 18.7 Å². The zero-order chi connectivity index (χ0) is 25.5. The predicted molar refractivity (Wildman–Crippen MR) is 145 cm³/mol. The zero-order valence-corrected chi connectivity index (χ0v) is 22.4. The molecule has 2 heterocycles. The third kappa shape index (κ3) is 6.42. The lowest BCUT2D eigenvalue weighted by Crippen LogP contribution is -2.31. The number of aromatic nitrogens is 2. The van der Waals surface area contributed by atoms with Gasteiger partial charge in [-0.05, 0) is 53.8 Å². The predicted octanol–water partition coefficient (Wildman–Crippen LogP) is 5.53. The number of amides is 1. The Morgan fingerprint density at radius 3 is 2.64 bits per heavy atom. The monoisotopic (exact) mass is 526 g/mol. The van der Waals surface area contributed by atoms with Crippen molar-refractivity contribution in [2.24, 2.45) is 0 Å². The molecule has 190 valence electrons. The molecule has 36 heavy (non-hydrogen) atoms. The fourth-order valence-electron chi connectivity index (χ4n) is 4.12. The molecule has 0 aliphatic carbocycles. The van der Waals surface area contributed by atoms with Crippen LogP contribution < -0.4 is 19.7 Å². The Bertz CT molecular complexity index is 1220. The van der Waals surface area contributed by atoms with Gasteiger partial charge in [0.2, 0.25) is 0 Å². The Labute approximate surface area is 221 Å². The maximum atomic E-state index is 12.4. The van der Waals surface area contributed by atoms with Crippen LogP contribution in [0.4, 0.5) is 5.82 Å². The summed E-state index contributed by atoms with van der Waals surface area (Å²) in [4.78, 5) is 23.8. The number of nitrogens with zero attached hydrogens (tertiary/aromatic N) is 3. The average Bonchev–Trinajstić information content (AvgIpc) is 2.90. The van der Waals surface area contributed by atoms with E-state index in [4.69, 9.17) is 26.1 Å². The largest absolute Gasteiger partial charge is 0.493 e. The summed E-state index contributed by atoms with van der Waals surface area (Å²) in [7, 11) is 3.30. The van der Waals surface area contributed by atoms with Crippen LogP contribution in [0.2, 0.25) is 5.15 Å². The lowest BCUT2D eigenvalue weighted by atomic mass is 9.99. The van der Waals surface area contributed by atoms with Crippen molar-refractivity contribution in [2.75, 3.05) is 32.2 Å².